The lowest BCUT2D eigenvalue weighted by Crippen LogP contribution is -2.23. The largest absolute Gasteiger partial charge is 0.462 e. The molecule has 0 aliphatic rings. The molecule has 0 fully saturated rings. The van der Waals surface area contributed by atoms with Crippen molar-refractivity contribution in [2.45, 2.75) is 0 Å². The van der Waals surface area contributed by atoms with E-state index in [0.717, 1.165) is 5.56 Å². The highest BCUT2D eigenvalue weighted by molar-refractivity contribution is 7.13. The maximum atomic E-state index is 12.0. The summed E-state index contributed by atoms with van der Waals surface area (Å²) >= 11 is 1.37. The van der Waals surface area contributed by atoms with Gasteiger partial charge in [0.25, 0.3) is 5.91 Å². The van der Waals surface area contributed by atoms with Gasteiger partial charge in [-0.15, -0.1) is 11.3 Å². The van der Waals surface area contributed by atoms with E-state index in [1.807, 2.05) is 36.4 Å². The standard InChI is InChI=1S/C17H12N2O2S/c20-16(18-10-4-8-13-6-2-1-3-7-13)14-12-22-17(19-14)15-9-5-11-21-15/h1-3,5-7,9,11-12H,10H2,(H,18,20). The SMILES string of the molecule is O=C(NCC#Cc1ccccc1)c1csc(-c2ccco2)n1. The average molecular weight is 308 g/mol. The third-order valence-electron chi connectivity index (χ3n) is 2.81. The Balaban J connectivity index is 1.58. The van der Waals surface area contributed by atoms with Gasteiger partial charge in [0.15, 0.2) is 10.8 Å². The number of thiazole rings is 1. The molecule has 0 aliphatic carbocycles. The van der Waals surface area contributed by atoms with Crippen LogP contribution in [0.15, 0.2) is 58.5 Å². The lowest BCUT2D eigenvalue weighted by Gasteiger charge is -1.96. The highest BCUT2D eigenvalue weighted by atomic mass is 32.1. The Bertz CT molecular complexity index is 811. The van der Waals surface area contributed by atoms with Gasteiger partial charge in [-0.05, 0) is 24.3 Å². The summed E-state index contributed by atoms with van der Waals surface area (Å²) < 4.78 is 5.25. The van der Waals surface area contributed by atoms with E-state index in [0.29, 0.717) is 16.5 Å². The molecule has 3 aromatic rings. The van der Waals surface area contributed by atoms with Gasteiger partial charge in [-0.1, -0.05) is 30.0 Å². The van der Waals surface area contributed by atoms with Gasteiger partial charge in [0.2, 0.25) is 0 Å². The number of carbonyl (C=O) groups is 1. The molecule has 0 bridgehead atoms. The normalized spacial score (nSPS) is 9.82. The van der Waals surface area contributed by atoms with Crippen molar-refractivity contribution in [2.75, 3.05) is 6.54 Å². The number of hydrogen-bond acceptors (Lipinski definition) is 4. The summed E-state index contributed by atoms with van der Waals surface area (Å²) in [4.78, 5) is 16.2. The summed E-state index contributed by atoms with van der Waals surface area (Å²) in [7, 11) is 0. The molecule has 0 saturated heterocycles. The smallest absolute Gasteiger partial charge is 0.271 e. The molecule has 0 aliphatic heterocycles. The molecule has 4 nitrogen and oxygen atoms in total. The molecule has 0 atom stereocenters. The molecule has 5 heteroatoms. The topological polar surface area (TPSA) is 55.1 Å². The Kier molecular flexibility index (Phi) is 4.33. The van der Waals surface area contributed by atoms with Crippen LogP contribution in [0.4, 0.5) is 0 Å². The van der Waals surface area contributed by atoms with Crippen molar-refractivity contribution in [3.05, 3.63) is 65.4 Å². The summed E-state index contributed by atoms with van der Waals surface area (Å²) in [6.45, 7) is 0.279. The van der Waals surface area contributed by atoms with Crippen molar-refractivity contribution < 1.29 is 9.21 Å². The number of nitrogens with zero attached hydrogens (tertiary/aromatic N) is 1. The molecule has 22 heavy (non-hydrogen) atoms. The van der Waals surface area contributed by atoms with Crippen LogP contribution in [0.25, 0.3) is 10.8 Å². The number of benzene rings is 1. The van der Waals surface area contributed by atoms with Gasteiger partial charge in [-0.3, -0.25) is 4.79 Å². The minimum Gasteiger partial charge on any atom is -0.462 e. The Morgan fingerprint density at radius 2 is 2.09 bits per heavy atom. The molecule has 0 unspecified atom stereocenters. The van der Waals surface area contributed by atoms with Crippen LogP contribution in [0.5, 0.6) is 0 Å². The van der Waals surface area contributed by atoms with Crippen LogP contribution in [-0.4, -0.2) is 17.4 Å². The van der Waals surface area contributed by atoms with Gasteiger partial charge >= 0.3 is 0 Å². The van der Waals surface area contributed by atoms with Crippen molar-refractivity contribution in [1.82, 2.24) is 10.3 Å². The molecular weight excluding hydrogens is 296 g/mol. The van der Waals surface area contributed by atoms with E-state index < -0.39 is 0 Å². The van der Waals surface area contributed by atoms with Crippen LogP contribution < -0.4 is 5.32 Å². The highest BCUT2D eigenvalue weighted by Crippen LogP contribution is 2.23. The number of hydrogen-bond donors (Lipinski definition) is 1. The van der Waals surface area contributed by atoms with E-state index in [9.17, 15) is 4.79 Å². The second kappa shape index (κ2) is 6.74. The molecule has 1 amide bonds. The van der Waals surface area contributed by atoms with Crippen LogP contribution in [0.3, 0.4) is 0 Å². The fourth-order valence-corrected chi connectivity index (χ4v) is 2.54. The van der Waals surface area contributed by atoms with Crippen LogP contribution in [-0.2, 0) is 0 Å². The molecule has 2 heterocycles. The number of aromatic nitrogens is 1. The molecule has 1 N–H and O–H groups in total. The zero-order valence-electron chi connectivity index (χ0n) is 11.6. The van der Waals surface area contributed by atoms with Gasteiger partial charge in [0.05, 0.1) is 12.8 Å². The minimum absolute atomic E-state index is 0.239. The number of carbonyl (C=O) groups excluding carboxylic acids is 1. The van der Waals surface area contributed by atoms with Crippen molar-refractivity contribution in [2.24, 2.45) is 0 Å². The third kappa shape index (κ3) is 3.43. The summed E-state index contributed by atoms with van der Waals surface area (Å²) in [6.07, 6.45) is 1.58. The molecule has 1 aromatic carbocycles. The first-order chi connectivity index (χ1) is 10.8. The Morgan fingerprint density at radius 1 is 1.23 bits per heavy atom. The predicted octanol–water partition coefficient (Wildman–Crippen LogP) is 3.18. The minimum atomic E-state index is -0.239. The van der Waals surface area contributed by atoms with Crippen molar-refractivity contribution in [3.8, 4) is 22.6 Å². The molecule has 0 radical (unpaired) electrons. The summed E-state index contributed by atoms with van der Waals surface area (Å²) in [5.41, 5.74) is 1.29. The maximum Gasteiger partial charge on any atom is 0.271 e. The highest BCUT2D eigenvalue weighted by Gasteiger charge is 2.12. The molecular formula is C17H12N2O2S. The summed E-state index contributed by atoms with van der Waals surface area (Å²) in [5.74, 6) is 6.31. The Labute approximate surface area is 131 Å². The van der Waals surface area contributed by atoms with Crippen LogP contribution in [0.2, 0.25) is 0 Å². The van der Waals surface area contributed by atoms with E-state index in [1.165, 1.54) is 11.3 Å². The lowest BCUT2D eigenvalue weighted by atomic mass is 10.2. The third-order valence-corrected chi connectivity index (χ3v) is 3.67. The van der Waals surface area contributed by atoms with E-state index in [-0.39, 0.29) is 12.5 Å². The molecule has 2 aromatic heterocycles. The van der Waals surface area contributed by atoms with E-state index in [2.05, 4.69) is 22.1 Å². The zero-order valence-corrected chi connectivity index (χ0v) is 12.4. The van der Waals surface area contributed by atoms with Gasteiger partial charge in [0.1, 0.15) is 5.69 Å². The average Bonchev–Trinajstić information content (AvgIpc) is 3.22. The second-order valence-electron chi connectivity index (χ2n) is 4.37. The molecule has 108 valence electrons. The van der Waals surface area contributed by atoms with Crippen LogP contribution in [0.1, 0.15) is 16.1 Å². The first-order valence-electron chi connectivity index (χ1n) is 6.64. The van der Waals surface area contributed by atoms with Gasteiger partial charge in [0, 0.05) is 10.9 Å². The van der Waals surface area contributed by atoms with E-state index in [4.69, 9.17) is 4.42 Å². The number of nitrogens with one attached hydrogen (secondary N) is 1. The quantitative estimate of drug-likeness (QED) is 0.756. The molecule has 0 spiro atoms. The zero-order chi connectivity index (χ0) is 15.2. The Morgan fingerprint density at radius 3 is 2.86 bits per heavy atom. The number of rotatable bonds is 3. The lowest BCUT2D eigenvalue weighted by molar-refractivity contribution is 0.0954. The fraction of sp³-hybridized carbons (Fsp3) is 0.0588. The van der Waals surface area contributed by atoms with Crippen LogP contribution in [0, 0.1) is 11.8 Å². The first kappa shape index (κ1) is 14.1. The van der Waals surface area contributed by atoms with Gasteiger partial charge < -0.3 is 9.73 Å². The molecule has 3 rings (SSSR count). The maximum absolute atomic E-state index is 12.0. The van der Waals surface area contributed by atoms with Crippen molar-refractivity contribution in [1.29, 1.82) is 0 Å². The molecule has 0 saturated carbocycles. The van der Waals surface area contributed by atoms with Crippen molar-refractivity contribution in [3.63, 3.8) is 0 Å². The van der Waals surface area contributed by atoms with Crippen molar-refractivity contribution >= 4 is 17.2 Å². The number of amides is 1. The fourth-order valence-electron chi connectivity index (χ4n) is 1.77. The number of furan rings is 1. The summed E-state index contributed by atoms with van der Waals surface area (Å²) in [6, 6.07) is 13.2. The monoisotopic (exact) mass is 308 g/mol. The first-order valence-corrected chi connectivity index (χ1v) is 7.52. The van der Waals surface area contributed by atoms with Gasteiger partial charge in [-0.2, -0.15) is 0 Å². The van der Waals surface area contributed by atoms with E-state index >= 15 is 0 Å². The Hall–Kier alpha value is -2.84. The predicted molar refractivity (Wildman–Crippen MR) is 85.5 cm³/mol. The van der Waals surface area contributed by atoms with Gasteiger partial charge in [-0.25, -0.2) is 4.98 Å². The van der Waals surface area contributed by atoms with Crippen LogP contribution >= 0.6 is 11.3 Å². The van der Waals surface area contributed by atoms with E-state index in [1.54, 1.807) is 17.7 Å². The second-order valence-corrected chi connectivity index (χ2v) is 5.22. The summed E-state index contributed by atoms with van der Waals surface area (Å²) in [5, 5.41) is 5.12.